The van der Waals surface area contributed by atoms with Crippen molar-refractivity contribution in [2.45, 2.75) is 13.1 Å². The van der Waals surface area contributed by atoms with E-state index in [1.54, 1.807) is 6.92 Å². The Morgan fingerprint density at radius 1 is 1.26 bits per heavy atom. The van der Waals surface area contributed by atoms with Crippen LogP contribution in [-0.4, -0.2) is 9.97 Å². The predicted molar refractivity (Wildman–Crippen MR) is 69.2 cm³/mol. The molecule has 0 atom stereocenters. The number of nitrogens with one attached hydrogen (secondary N) is 1. The first kappa shape index (κ1) is 13.8. The van der Waals surface area contributed by atoms with Crippen molar-refractivity contribution in [1.29, 1.82) is 0 Å². The highest BCUT2D eigenvalue weighted by Crippen LogP contribution is 2.33. The Morgan fingerprint density at radius 2 is 2.00 bits per heavy atom. The van der Waals surface area contributed by atoms with Crippen molar-refractivity contribution in [3.8, 4) is 0 Å². The van der Waals surface area contributed by atoms with E-state index in [2.05, 4.69) is 31.2 Å². The minimum atomic E-state index is -4.37. The van der Waals surface area contributed by atoms with E-state index < -0.39 is 11.7 Å². The number of benzene rings is 1. The number of halogens is 4. The van der Waals surface area contributed by atoms with Crippen LogP contribution in [0.15, 0.2) is 35.2 Å². The van der Waals surface area contributed by atoms with Crippen molar-refractivity contribution in [2.24, 2.45) is 0 Å². The zero-order valence-electron chi connectivity index (χ0n) is 9.79. The fourth-order valence-electron chi connectivity index (χ4n) is 1.47. The summed E-state index contributed by atoms with van der Waals surface area (Å²) < 4.78 is 38.5. The molecule has 1 aromatic carbocycles. The third-order valence-corrected chi connectivity index (χ3v) is 3.07. The number of hydrogen-bond acceptors (Lipinski definition) is 3. The summed E-state index contributed by atoms with van der Waals surface area (Å²) in [4.78, 5) is 7.74. The molecule has 1 N–H and O–H groups in total. The summed E-state index contributed by atoms with van der Waals surface area (Å²) in [5, 5.41) is 2.85. The number of aromatic nitrogens is 2. The number of nitrogens with zero attached hydrogens (tertiary/aromatic N) is 2. The van der Waals surface area contributed by atoms with Crippen LogP contribution >= 0.6 is 15.9 Å². The van der Waals surface area contributed by atoms with Crippen LogP contribution in [0.25, 0.3) is 0 Å². The lowest BCUT2D eigenvalue weighted by molar-refractivity contribution is -0.137. The van der Waals surface area contributed by atoms with Crippen molar-refractivity contribution in [1.82, 2.24) is 9.97 Å². The van der Waals surface area contributed by atoms with E-state index >= 15 is 0 Å². The van der Waals surface area contributed by atoms with Crippen LogP contribution in [0.4, 0.5) is 24.7 Å². The van der Waals surface area contributed by atoms with Gasteiger partial charge in [-0.2, -0.15) is 13.2 Å². The third kappa shape index (κ3) is 3.23. The molecule has 0 amide bonds. The molecule has 0 bridgehead atoms. The molecular formula is C12H9BrF3N3. The summed E-state index contributed by atoms with van der Waals surface area (Å²) in [6.07, 6.45) is -1.54. The monoisotopic (exact) mass is 331 g/mol. The van der Waals surface area contributed by atoms with Gasteiger partial charge in [0.25, 0.3) is 0 Å². The van der Waals surface area contributed by atoms with Gasteiger partial charge in [0.15, 0.2) is 0 Å². The first-order chi connectivity index (χ1) is 8.88. The van der Waals surface area contributed by atoms with Gasteiger partial charge in [-0.1, -0.05) is 6.07 Å². The summed E-state index contributed by atoms with van der Waals surface area (Å²) in [7, 11) is 0. The molecule has 0 radical (unpaired) electrons. The molecular weight excluding hydrogens is 323 g/mol. The third-order valence-electron chi connectivity index (χ3n) is 2.49. The fraction of sp³-hybridized carbons (Fsp3) is 0.167. The van der Waals surface area contributed by atoms with Gasteiger partial charge in [0.05, 0.1) is 10.0 Å². The van der Waals surface area contributed by atoms with E-state index in [0.717, 1.165) is 12.1 Å². The Hall–Kier alpha value is -1.63. The molecule has 3 nitrogen and oxygen atoms in total. The first-order valence-corrected chi connectivity index (χ1v) is 6.07. The van der Waals surface area contributed by atoms with Crippen LogP contribution in [0, 0.1) is 6.92 Å². The van der Waals surface area contributed by atoms with Gasteiger partial charge in [-0.15, -0.1) is 0 Å². The summed E-state index contributed by atoms with van der Waals surface area (Å²) in [6, 6.07) is 3.53. The number of aryl methyl sites for hydroxylation is 1. The highest BCUT2D eigenvalue weighted by molar-refractivity contribution is 9.10. The summed E-state index contributed by atoms with van der Waals surface area (Å²) in [6.45, 7) is 1.72. The Kier molecular flexibility index (Phi) is 3.75. The molecule has 1 heterocycles. The minimum absolute atomic E-state index is 0.356. The second-order valence-electron chi connectivity index (χ2n) is 3.87. The molecule has 0 unspecified atom stereocenters. The van der Waals surface area contributed by atoms with Gasteiger partial charge >= 0.3 is 6.18 Å². The van der Waals surface area contributed by atoms with E-state index in [4.69, 9.17) is 0 Å². The van der Waals surface area contributed by atoms with Crippen molar-refractivity contribution in [3.05, 3.63) is 46.3 Å². The van der Waals surface area contributed by atoms with Gasteiger partial charge in [0.1, 0.15) is 12.1 Å². The Balaban J connectivity index is 2.38. The fourth-order valence-corrected chi connectivity index (χ4v) is 1.78. The quantitative estimate of drug-likeness (QED) is 0.891. The second-order valence-corrected chi connectivity index (χ2v) is 4.73. The molecule has 2 aromatic rings. The predicted octanol–water partition coefficient (Wildman–Crippen LogP) is 4.31. The van der Waals surface area contributed by atoms with Crippen LogP contribution in [0.2, 0.25) is 0 Å². The van der Waals surface area contributed by atoms with Crippen LogP contribution in [0.5, 0.6) is 0 Å². The van der Waals surface area contributed by atoms with Crippen LogP contribution in [-0.2, 0) is 6.18 Å². The number of alkyl halides is 3. The number of hydrogen-bond donors (Lipinski definition) is 1. The van der Waals surface area contributed by atoms with Gasteiger partial charge in [-0.3, -0.25) is 0 Å². The van der Waals surface area contributed by atoms with Crippen molar-refractivity contribution in [3.63, 3.8) is 0 Å². The van der Waals surface area contributed by atoms with Crippen molar-refractivity contribution >= 4 is 27.4 Å². The summed E-state index contributed by atoms with van der Waals surface area (Å²) in [5.74, 6) is 0.414. The molecule has 2 rings (SSSR count). The van der Waals surface area contributed by atoms with Crippen LogP contribution in [0.1, 0.15) is 11.1 Å². The van der Waals surface area contributed by atoms with Crippen molar-refractivity contribution in [2.75, 3.05) is 5.32 Å². The molecule has 0 aliphatic heterocycles. The van der Waals surface area contributed by atoms with Crippen LogP contribution in [0.3, 0.4) is 0 Å². The Morgan fingerprint density at radius 3 is 2.63 bits per heavy atom. The average Bonchev–Trinajstić information content (AvgIpc) is 2.33. The molecule has 100 valence electrons. The highest BCUT2D eigenvalue weighted by Gasteiger charge is 2.30. The summed E-state index contributed by atoms with van der Waals surface area (Å²) >= 11 is 3.23. The standard InChI is InChI=1S/C12H9BrF3N3/c1-7-2-3-8(12(14,15)16)4-10(7)19-11-9(13)5-17-6-18-11/h2-6H,1H3,(H,17,18,19). The Labute approximate surface area is 116 Å². The highest BCUT2D eigenvalue weighted by atomic mass is 79.9. The SMILES string of the molecule is Cc1ccc(C(F)(F)F)cc1Nc1ncncc1Br. The molecule has 19 heavy (non-hydrogen) atoms. The van der Waals surface area contributed by atoms with Gasteiger partial charge in [-0.25, -0.2) is 9.97 Å². The van der Waals surface area contributed by atoms with Gasteiger partial charge < -0.3 is 5.32 Å². The minimum Gasteiger partial charge on any atom is -0.339 e. The molecule has 0 spiro atoms. The Bertz CT molecular complexity index is 599. The molecule has 0 fully saturated rings. The zero-order valence-corrected chi connectivity index (χ0v) is 11.4. The maximum absolute atomic E-state index is 12.7. The van der Waals surface area contributed by atoms with Gasteiger partial charge in [0, 0.05) is 11.9 Å². The molecule has 1 aromatic heterocycles. The first-order valence-electron chi connectivity index (χ1n) is 5.28. The number of rotatable bonds is 2. The molecule has 0 saturated heterocycles. The lowest BCUT2D eigenvalue weighted by Gasteiger charge is -2.13. The van der Waals surface area contributed by atoms with Gasteiger partial charge in [-0.05, 0) is 40.5 Å². The van der Waals surface area contributed by atoms with E-state index in [-0.39, 0.29) is 0 Å². The zero-order chi connectivity index (χ0) is 14.0. The second kappa shape index (κ2) is 5.16. The largest absolute Gasteiger partial charge is 0.416 e. The van der Waals surface area contributed by atoms with E-state index in [0.29, 0.717) is 21.5 Å². The maximum Gasteiger partial charge on any atom is 0.416 e. The van der Waals surface area contributed by atoms with Crippen LogP contribution < -0.4 is 5.32 Å². The van der Waals surface area contributed by atoms with E-state index in [9.17, 15) is 13.2 Å². The number of anilines is 2. The summed E-state index contributed by atoms with van der Waals surface area (Å²) in [5.41, 5.74) is 0.346. The van der Waals surface area contributed by atoms with E-state index in [1.807, 2.05) is 0 Å². The molecule has 0 saturated carbocycles. The lowest BCUT2D eigenvalue weighted by atomic mass is 10.1. The molecule has 7 heteroatoms. The average molecular weight is 332 g/mol. The lowest BCUT2D eigenvalue weighted by Crippen LogP contribution is -2.06. The molecule has 0 aliphatic rings. The topological polar surface area (TPSA) is 37.8 Å². The van der Waals surface area contributed by atoms with Gasteiger partial charge in [0.2, 0.25) is 0 Å². The van der Waals surface area contributed by atoms with E-state index in [1.165, 1.54) is 18.6 Å². The normalized spacial score (nSPS) is 11.4. The smallest absolute Gasteiger partial charge is 0.339 e. The van der Waals surface area contributed by atoms with Crippen molar-refractivity contribution < 1.29 is 13.2 Å². The maximum atomic E-state index is 12.7. The molecule has 0 aliphatic carbocycles.